The average molecular weight is 342 g/mol. The minimum atomic E-state index is -0.984. The Balaban J connectivity index is 1.96. The van der Waals surface area contributed by atoms with Gasteiger partial charge in [0.2, 0.25) is 0 Å². The summed E-state index contributed by atoms with van der Waals surface area (Å²) in [7, 11) is 0. The lowest BCUT2D eigenvalue weighted by Crippen LogP contribution is -2.39. The summed E-state index contributed by atoms with van der Waals surface area (Å²) in [5.41, 5.74) is 4.87. The number of rotatable bonds is 0. The van der Waals surface area contributed by atoms with Crippen molar-refractivity contribution in [3.05, 3.63) is 88.0 Å². The van der Waals surface area contributed by atoms with Crippen LogP contribution in [-0.4, -0.2) is 5.97 Å². The standard InChI is InChI=1S/C23H18O3/c1-13-4-7-19-16(10-13)23(17-11-14(2)5-8-20(17)25-19)18-12-15(3)6-9-21(18)26-22(23)24/h4-12H,1-3H3. The van der Waals surface area contributed by atoms with Crippen LogP contribution in [0.1, 0.15) is 33.4 Å². The normalized spacial score (nSPS) is 15.7. The molecule has 1 spiro atoms. The number of aryl methyl sites for hydroxylation is 3. The van der Waals surface area contributed by atoms with Crippen LogP contribution in [0.5, 0.6) is 17.2 Å². The Bertz CT molecular complexity index is 1040. The topological polar surface area (TPSA) is 35.5 Å². The van der Waals surface area contributed by atoms with Gasteiger partial charge >= 0.3 is 5.97 Å². The molecule has 0 saturated heterocycles. The van der Waals surface area contributed by atoms with Crippen LogP contribution in [0.2, 0.25) is 0 Å². The van der Waals surface area contributed by atoms with Crippen LogP contribution in [0.15, 0.2) is 54.6 Å². The first-order valence-corrected chi connectivity index (χ1v) is 8.73. The number of esters is 1. The molecule has 5 rings (SSSR count). The van der Waals surface area contributed by atoms with Gasteiger partial charge < -0.3 is 9.47 Å². The molecule has 0 bridgehead atoms. The minimum absolute atomic E-state index is 0.264. The van der Waals surface area contributed by atoms with Gasteiger partial charge in [-0.2, -0.15) is 0 Å². The predicted octanol–water partition coefficient (Wildman–Crippen LogP) is 4.97. The van der Waals surface area contributed by atoms with Crippen LogP contribution in [0.3, 0.4) is 0 Å². The second-order valence-electron chi connectivity index (χ2n) is 7.24. The summed E-state index contributed by atoms with van der Waals surface area (Å²) >= 11 is 0. The second kappa shape index (κ2) is 4.98. The van der Waals surface area contributed by atoms with Gasteiger partial charge in [0.15, 0.2) is 5.41 Å². The Morgan fingerprint density at radius 2 is 1.00 bits per heavy atom. The monoisotopic (exact) mass is 342 g/mol. The van der Waals surface area contributed by atoms with Gasteiger partial charge in [0, 0.05) is 16.7 Å². The van der Waals surface area contributed by atoms with E-state index in [2.05, 4.69) is 6.07 Å². The van der Waals surface area contributed by atoms with Gasteiger partial charge in [-0.25, -0.2) is 4.79 Å². The minimum Gasteiger partial charge on any atom is -0.457 e. The molecule has 0 N–H and O–H groups in total. The molecule has 26 heavy (non-hydrogen) atoms. The fourth-order valence-corrected chi connectivity index (χ4v) is 4.14. The third kappa shape index (κ3) is 1.80. The quantitative estimate of drug-likeness (QED) is 0.427. The molecule has 2 aliphatic rings. The lowest BCUT2D eigenvalue weighted by Gasteiger charge is -2.35. The molecule has 0 aromatic heterocycles. The fraction of sp³-hybridized carbons (Fsp3) is 0.174. The molecule has 0 atom stereocenters. The van der Waals surface area contributed by atoms with Crippen LogP contribution in [-0.2, 0) is 10.2 Å². The van der Waals surface area contributed by atoms with Gasteiger partial charge in [-0.05, 0) is 39.0 Å². The van der Waals surface area contributed by atoms with Gasteiger partial charge in [-0.1, -0.05) is 53.1 Å². The highest BCUT2D eigenvalue weighted by atomic mass is 16.5. The fourth-order valence-electron chi connectivity index (χ4n) is 4.14. The van der Waals surface area contributed by atoms with E-state index in [1.165, 1.54) is 0 Å². The first-order valence-electron chi connectivity index (χ1n) is 8.73. The number of fused-ring (bicyclic) bond motifs is 6. The highest BCUT2D eigenvalue weighted by molar-refractivity contribution is 6.00. The van der Waals surface area contributed by atoms with Crippen molar-refractivity contribution >= 4 is 5.97 Å². The van der Waals surface area contributed by atoms with Crippen molar-refractivity contribution in [1.29, 1.82) is 0 Å². The molecule has 3 aromatic rings. The van der Waals surface area contributed by atoms with Crippen molar-refractivity contribution < 1.29 is 14.3 Å². The number of carbonyl (C=O) groups is 1. The zero-order valence-corrected chi connectivity index (χ0v) is 14.9. The lowest BCUT2D eigenvalue weighted by atomic mass is 9.68. The summed E-state index contributed by atoms with van der Waals surface area (Å²) in [4.78, 5) is 13.4. The SMILES string of the molecule is Cc1ccc2c(c1)C1(C(=O)O2)c2cc(C)ccc2Oc2ccc(C)cc21. The third-order valence-electron chi connectivity index (χ3n) is 5.35. The Labute approximate surface area is 152 Å². The summed E-state index contributed by atoms with van der Waals surface area (Å²) in [5, 5.41) is 0. The molecule has 0 aliphatic carbocycles. The van der Waals surface area contributed by atoms with E-state index in [0.717, 1.165) is 33.4 Å². The van der Waals surface area contributed by atoms with Crippen molar-refractivity contribution in [1.82, 2.24) is 0 Å². The maximum atomic E-state index is 13.4. The van der Waals surface area contributed by atoms with E-state index in [9.17, 15) is 4.79 Å². The van der Waals surface area contributed by atoms with Crippen molar-refractivity contribution in [3.8, 4) is 17.2 Å². The average Bonchev–Trinajstić information content (AvgIpc) is 2.89. The van der Waals surface area contributed by atoms with E-state index < -0.39 is 5.41 Å². The molecule has 2 heterocycles. The number of hydrogen-bond donors (Lipinski definition) is 0. The molecule has 2 aliphatic heterocycles. The molecular formula is C23H18O3. The number of hydrogen-bond acceptors (Lipinski definition) is 3. The van der Waals surface area contributed by atoms with Crippen molar-refractivity contribution in [3.63, 3.8) is 0 Å². The van der Waals surface area contributed by atoms with Crippen molar-refractivity contribution in [2.24, 2.45) is 0 Å². The van der Waals surface area contributed by atoms with Crippen molar-refractivity contribution in [2.45, 2.75) is 26.2 Å². The molecule has 0 fully saturated rings. The Kier molecular flexibility index (Phi) is 2.91. The van der Waals surface area contributed by atoms with E-state index in [-0.39, 0.29) is 5.97 Å². The molecule has 0 amide bonds. The van der Waals surface area contributed by atoms with Crippen LogP contribution in [0.25, 0.3) is 0 Å². The zero-order chi connectivity index (χ0) is 18.1. The summed E-state index contributed by atoms with van der Waals surface area (Å²) in [5.74, 6) is 1.78. The van der Waals surface area contributed by atoms with Gasteiger partial charge in [0.05, 0.1) is 0 Å². The third-order valence-corrected chi connectivity index (χ3v) is 5.35. The van der Waals surface area contributed by atoms with Gasteiger partial charge in [0.25, 0.3) is 0 Å². The van der Waals surface area contributed by atoms with Crippen LogP contribution < -0.4 is 9.47 Å². The largest absolute Gasteiger partial charge is 0.457 e. The molecule has 0 unspecified atom stereocenters. The van der Waals surface area contributed by atoms with Gasteiger partial charge in [0.1, 0.15) is 17.2 Å². The molecule has 3 aromatic carbocycles. The first kappa shape index (κ1) is 15.2. The Hall–Kier alpha value is -3.07. The van der Waals surface area contributed by atoms with E-state index in [4.69, 9.17) is 9.47 Å². The van der Waals surface area contributed by atoms with Gasteiger partial charge in [-0.3, -0.25) is 0 Å². The number of ether oxygens (including phenoxy) is 2. The maximum absolute atomic E-state index is 13.4. The number of benzene rings is 3. The summed E-state index contributed by atoms with van der Waals surface area (Å²) in [6.45, 7) is 6.08. The zero-order valence-electron chi connectivity index (χ0n) is 14.9. The Morgan fingerprint density at radius 1 is 0.615 bits per heavy atom. The van der Waals surface area contributed by atoms with E-state index >= 15 is 0 Å². The van der Waals surface area contributed by atoms with Crippen LogP contribution >= 0.6 is 0 Å². The summed E-state index contributed by atoms with van der Waals surface area (Å²) < 4.78 is 11.9. The number of carbonyl (C=O) groups excluding carboxylic acids is 1. The first-order chi connectivity index (χ1) is 12.5. The molecular weight excluding hydrogens is 324 g/mol. The molecule has 3 heteroatoms. The van der Waals surface area contributed by atoms with E-state index in [0.29, 0.717) is 17.2 Å². The molecule has 3 nitrogen and oxygen atoms in total. The molecule has 128 valence electrons. The van der Waals surface area contributed by atoms with Gasteiger partial charge in [-0.15, -0.1) is 0 Å². The second-order valence-corrected chi connectivity index (χ2v) is 7.24. The van der Waals surface area contributed by atoms with E-state index in [1.807, 2.05) is 69.3 Å². The summed E-state index contributed by atoms with van der Waals surface area (Å²) in [6.07, 6.45) is 0. The smallest absolute Gasteiger partial charge is 0.331 e. The lowest BCUT2D eigenvalue weighted by molar-refractivity contribution is -0.135. The summed E-state index contributed by atoms with van der Waals surface area (Å²) in [6, 6.07) is 17.9. The van der Waals surface area contributed by atoms with E-state index in [1.54, 1.807) is 0 Å². The highest BCUT2D eigenvalue weighted by Crippen LogP contribution is 2.57. The maximum Gasteiger partial charge on any atom is 0.331 e. The molecule has 0 radical (unpaired) electrons. The Morgan fingerprint density at radius 3 is 1.42 bits per heavy atom. The van der Waals surface area contributed by atoms with Crippen LogP contribution in [0.4, 0.5) is 0 Å². The predicted molar refractivity (Wildman–Crippen MR) is 99.1 cm³/mol. The molecule has 0 saturated carbocycles. The van der Waals surface area contributed by atoms with Crippen molar-refractivity contribution in [2.75, 3.05) is 0 Å². The van der Waals surface area contributed by atoms with Crippen LogP contribution in [0, 0.1) is 20.8 Å². The highest BCUT2D eigenvalue weighted by Gasteiger charge is 2.56.